The van der Waals surface area contributed by atoms with Gasteiger partial charge in [-0.05, 0) is 43.8 Å². The molecule has 0 aliphatic heterocycles. The molecule has 0 saturated carbocycles. The van der Waals surface area contributed by atoms with Crippen molar-refractivity contribution in [3.63, 3.8) is 0 Å². The molecule has 0 amide bonds. The summed E-state index contributed by atoms with van der Waals surface area (Å²) in [5, 5.41) is 18.2. The molecule has 1 heterocycles. The van der Waals surface area contributed by atoms with Crippen LogP contribution >= 0.6 is 12.2 Å². The van der Waals surface area contributed by atoms with E-state index in [1.165, 1.54) is 18.3 Å². The molecule has 0 aliphatic carbocycles. The van der Waals surface area contributed by atoms with Crippen molar-refractivity contribution in [3.8, 4) is 11.3 Å². The highest BCUT2D eigenvalue weighted by Crippen LogP contribution is 2.28. The zero-order valence-electron chi connectivity index (χ0n) is 12.7. The van der Waals surface area contributed by atoms with Gasteiger partial charge < -0.3 is 9.73 Å². The number of hydrogen-bond acceptors (Lipinski definition) is 5. The van der Waals surface area contributed by atoms with Gasteiger partial charge in [-0.15, -0.1) is 0 Å². The highest BCUT2D eigenvalue weighted by Gasteiger charge is 2.12. The summed E-state index contributed by atoms with van der Waals surface area (Å²) >= 11 is 4.98. The molecule has 7 nitrogen and oxygen atoms in total. The van der Waals surface area contributed by atoms with E-state index in [-0.39, 0.29) is 5.69 Å². The molecule has 0 unspecified atom stereocenters. The number of non-ortho nitro benzene ring substituents is 1. The molecule has 0 fully saturated rings. The second-order valence-corrected chi connectivity index (χ2v) is 5.10. The Balaban J connectivity index is 2.16. The molecule has 0 bridgehead atoms. The smallest absolute Gasteiger partial charge is 0.270 e. The molecular formula is C15H16N4O3S. The van der Waals surface area contributed by atoms with Gasteiger partial charge >= 0.3 is 0 Å². The highest BCUT2D eigenvalue weighted by atomic mass is 32.1. The van der Waals surface area contributed by atoms with Crippen molar-refractivity contribution in [3.05, 3.63) is 51.8 Å². The number of rotatable bonds is 5. The Bertz CT molecular complexity index is 755. The Morgan fingerprint density at radius 3 is 2.91 bits per heavy atom. The van der Waals surface area contributed by atoms with Crippen LogP contribution in [0.1, 0.15) is 18.2 Å². The minimum absolute atomic E-state index is 0.0230. The maximum absolute atomic E-state index is 10.9. The molecular weight excluding hydrogens is 316 g/mol. The third kappa shape index (κ3) is 4.36. The van der Waals surface area contributed by atoms with Gasteiger partial charge in [0.15, 0.2) is 5.11 Å². The van der Waals surface area contributed by atoms with Gasteiger partial charge in [-0.1, -0.05) is 6.07 Å². The predicted molar refractivity (Wildman–Crippen MR) is 92.5 cm³/mol. The fourth-order valence-corrected chi connectivity index (χ4v) is 2.11. The number of nitrogens with one attached hydrogen (secondary N) is 2. The Hall–Kier alpha value is -2.74. The normalized spacial score (nSPS) is 10.7. The minimum Gasteiger partial charge on any atom is -0.455 e. The maximum Gasteiger partial charge on any atom is 0.270 e. The Kier molecular flexibility index (Phi) is 5.42. The van der Waals surface area contributed by atoms with E-state index >= 15 is 0 Å². The lowest BCUT2D eigenvalue weighted by molar-refractivity contribution is -0.384. The number of benzene rings is 1. The maximum atomic E-state index is 10.9. The Labute approximate surface area is 138 Å². The quantitative estimate of drug-likeness (QED) is 0.378. The molecule has 0 saturated heterocycles. The summed E-state index contributed by atoms with van der Waals surface area (Å²) in [5.74, 6) is 1.06. The molecule has 1 aromatic carbocycles. The first-order valence-electron chi connectivity index (χ1n) is 6.93. The average molecular weight is 332 g/mol. The fourth-order valence-electron chi connectivity index (χ4n) is 1.91. The zero-order valence-corrected chi connectivity index (χ0v) is 13.5. The number of nitro benzene ring substituents is 1. The van der Waals surface area contributed by atoms with Gasteiger partial charge in [-0.3, -0.25) is 15.5 Å². The van der Waals surface area contributed by atoms with Gasteiger partial charge in [0.2, 0.25) is 0 Å². The lowest BCUT2D eigenvalue weighted by Gasteiger charge is -2.02. The van der Waals surface area contributed by atoms with E-state index in [0.717, 1.165) is 5.56 Å². The molecule has 2 aromatic rings. The molecule has 2 rings (SSSR count). The van der Waals surface area contributed by atoms with Gasteiger partial charge in [0.25, 0.3) is 5.69 Å². The summed E-state index contributed by atoms with van der Waals surface area (Å²) < 4.78 is 5.65. The van der Waals surface area contributed by atoms with Crippen LogP contribution in [0, 0.1) is 17.0 Å². The standard InChI is InChI=1S/C15H16N4O3S/c1-3-16-15(23)18-17-9-12-6-7-14(22-12)13-8-11(19(20)21)5-4-10(13)2/h4-9H,3H2,1-2H3,(H2,16,18,23). The first-order valence-corrected chi connectivity index (χ1v) is 7.34. The van der Waals surface area contributed by atoms with Crippen molar-refractivity contribution in [1.29, 1.82) is 0 Å². The van der Waals surface area contributed by atoms with Crippen LogP contribution < -0.4 is 10.7 Å². The van der Waals surface area contributed by atoms with Crippen LogP contribution in [0.5, 0.6) is 0 Å². The van der Waals surface area contributed by atoms with Crippen LogP contribution in [0.3, 0.4) is 0 Å². The van der Waals surface area contributed by atoms with Crippen molar-refractivity contribution < 1.29 is 9.34 Å². The minimum atomic E-state index is -0.431. The number of thiocarbonyl (C=S) groups is 1. The third-order valence-corrected chi connectivity index (χ3v) is 3.26. The molecule has 8 heteroatoms. The number of nitro groups is 1. The molecule has 120 valence electrons. The van der Waals surface area contributed by atoms with Gasteiger partial charge in [-0.25, -0.2) is 0 Å². The summed E-state index contributed by atoms with van der Waals surface area (Å²) in [5.41, 5.74) is 4.24. The molecule has 0 atom stereocenters. The van der Waals surface area contributed by atoms with E-state index in [1.807, 2.05) is 13.8 Å². The fraction of sp³-hybridized carbons (Fsp3) is 0.200. The first-order chi connectivity index (χ1) is 11.0. The molecule has 1 aromatic heterocycles. The topological polar surface area (TPSA) is 92.7 Å². The van der Waals surface area contributed by atoms with Crippen molar-refractivity contribution in [1.82, 2.24) is 10.7 Å². The van der Waals surface area contributed by atoms with Gasteiger partial charge in [-0.2, -0.15) is 5.10 Å². The molecule has 0 aliphatic rings. The van der Waals surface area contributed by atoms with Gasteiger partial charge in [0, 0.05) is 24.2 Å². The molecule has 0 radical (unpaired) electrons. The van der Waals surface area contributed by atoms with Crippen LogP contribution in [-0.2, 0) is 0 Å². The number of hydrazone groups is 1. The summed E-state index contributed by atoms with van der Waals surface area (Å²) in [4.78, 5) is 10.5. The molecule has 0 spiro atoms. The van der Waals surface area contributed by atoms with Crippen molar-refractivity contribution >= 4 is 29.2 Å². The molecule has 23 heavy (non-hydrogen) atoms. The zero-order chi connectivity index (χ0) is 16.8. The van der Waals surface area contributed by atoms with E-state index in [9.17, 15) is 10.1 Å². The predicted octanol–water partition coefficient (Wildman–Crippen LogP) is 2.98. The number of aryl methyl sites for hydroxylation is 1. The van der Waals surface area contributed by atoms with Crippen LogP contribution in [0.4, 0.5) is 5.69 Å². The summed E-state index contributed by atoms with van der Waals surface area (Å²) in [6.45, 7) is 4.50. The number of hydrogen-bond donors (Lipinski definition) is 2. The van der Waals surface area contributed by atoms with E-state index in [4.69, 9.17) is 16.6 Å². The second kappa shape index (κ2) is 7.50. The Morgan fingerprint density at radius 2 is 2.22 bits per heavy atom. The van der Waals surface area contributed by atoms with Crippen molar-refractivity contribution in [2.75, 3.05) is 6.54 Å². The lowest BCUT2D eigenvalue weighted by atomic mass is 10.1. The largest absolute Gasteiger partial charge is 0.455 e. The van der Waals surface area contributed by atoms with Crippen molar-refractivity contribution in [2.45, 2.75) is 13.8 Å². The number of nitrogens with zero attached hydrogens (tertiary/aromatic N) is 2. The third-order valence-electron chi connectivity index (χ3n) is 3.02. The summed E-state index contributed by atoms with van der Waals surface area (Å²) in [6, 6.07) is 8.13. The van der Waals surface area contributed by atoms with E-state index in [2.05, 4.69) is 15.8 Å². The van der Waals surface area contributed by atoms with E-state index < -0.39 is 4.92 Å². The summed E-state index contributed by atoms with van der Waals surface area (Å²) in [6.07, 6.45) is 1.49. The number of furan rings is 1. The highest BCUT2D eigenvalue weighted by molar-refractivity contribution is 7.80. The van der Waals surface area contributed by atoms with Crippen molar-refractivity contribution in [2.24, 2.45) is 5.10 Å². The van der Waals surface area contributed by atoms with Gasteiger partial charge in [0.1, 0.15) is 11.5 Å². The Morgan fingerprint density at radius 1 is 1.43 bits per heavy atom. The van der Waals surface area contributed by atoms with Gasteiger partial charge in [0.05, 0.1) is 11.1 Å². The van der Waals surface area contributed by atoms with Crippen LogP contribution in [-0.4, -0.2) is 22.8 Å². The average Bonchev–Trinajstić information content (AvgIpc) is 2.96. The second-order valence-electron chi connectivity index (χ2n) is 4.69. The van der Waals surface area contributed by atoms with E-state index in [0.29, 0.717) is 28.7 Å². The van der Waals surface area contributed by atoms with Crippen LogP contribution in [0.25, 0.3) is 11.3 Å². The monoisotopic (exact) mass is 332 g/mol. The van der Waals surface area contributed by atoms with Crippen LogP contribution in [0.2, 0.25) is 0 Å². The first kappa shape index (κ1) is 16.6. The van der Waals surface area contributed by atoms with Crippen LogP contribution in [0.15, 0.2) is 39.9 Å². The molecule has 2 N–H and O–H groups in total. The lowest BCUT2D eigenvalue weighted by Crippen LogP contribution is -2.31. The van der Waals surface area contributed by atoms with E-state index in [1.54, 1.807) is 18.2 Å². The SMILES string of the molecule is CCNC(=S)NN=Cc1ccc(-c2cc([N+](=O)[O-])ccc2C)o1. The summed E-state index contributed by atoms with van der Waals surface area (Å²) in [7, 11) is 0.